The van der Waals surface area contributed by atoms with Gasteiger partial charge < -0.3 is 24.3 Å². The molecule has 8 nitrogen and oxygen atoms in total. The van der Waals surface area contributed by atoms with Crippen molar-refractivity contribution in [2.75, 3.05) is 32.0 Å². The van der Waals surface area contributed by atoms with Gasteiger partial charge in [-0.1, -0.05) is 6.07 Å². The lowest BCUT2D eigenvalue weighted by molar-refractivity contribution is -0.116. The second-order valence-electron chi connectivity index (χ2n) is 7.86. The quantitative estimate of drug-likeness (QED) is 0.604. The third-order valence-corrected chi connectivity index (χ3v) is 4.30. The van der Waals surface area contributed by atoms with E-state index in [1.807, 2.05) is 0 Å². The number of nitrogens with one attached hydrogen (secondary N) is 2. The average Bonchev–Trinajstić information content (AvgIpc) is 2.71. The summed E-state index contributed by atoms with van der Waals surface area (Å²) in [5, 5.41) is 5.16. The third kappa shape index (κ3) is 6.76. The minimum atomic E-state index is -0.713. The molecular weight excluding hydrogens is 419 g/mol. The fourth-order valence-corrected chi connectivity index (χ4v) is 2.96. The van der Waals surface area contributed by atoms with Crippen LogP contribution in [0.4, 0.5) is 20.6 Å². The fraction of sp³-hybridized carbons (Fsp3) is 0.391. The van der Waals surface area contributed by atoms with Gasteiger partial charge in [-0.3, -0.25) is 10.1 Å². The Balaban J connectivity index is 2.12. The van der Waals surface area contributed by atoms with E-state index in [1.165, 1.54) is 33.5 Å². The number of anilines is 2. The Morgan fingerprint density at radius 1 is 0.906 bits per heavy atom. The van der Waals surface area contributed by atoms with Crippen LogP contribution in [-0.2, 0) is 16.0 Å². The molecule has 0 heterocycles. The van der Waals surface area contributed by atoms with Gasteiger partial charge >= 0.3 is 6.09 Å². The lowest BCUT2D eigenvalue weighted by Crippen LogP contribution is -2.27. The first kappa shape index (κ1) is 24.8. The third-order valence-electron chi connectivity index (χ3n) is 4.30. The first-order valence-electron chi connectivity index (χ1n) is 9.95. The molecule has 2 rings (SSSR count). The van der Waals surface area contributed by atoms with E-state index in [1.54, 1.807) is 32.9 Å². The molecule has 2 amide bonds. The van der Waals surface area contributed by atoms with Crippen molar-refractivity contribution < 1.29 is 32.9 Å². The number of methoxy groups -OCH3 is 3. The molecule has 2 aromatic carbocycles. The van der Waals surface area contributed by atoms with Gasteiger partial charge in [-0.25, -0.2) is 9.18 Å². The summed E-state index contributed by atoms with van der Waals surface area (Å²) in [6, 6.07) is 7.17. The number of halogens is 1. The van der Waals surface area contributed by atoms with Crippen LogP contribution in [0.1, 0.15) is 32.8 Å². The number of aryl methyl sites for hydroxylation is 1. The van der Waals surface area contributed by atoms with Crippen molar-refractivity contribution in [1.82, 2.24) is 0 Å². The first-order chi connectivity index (χ1) is 15.1. The maximum Gasteiger partial charge on any atom is 0.412 e. The molecule has 2 aromatic rings. The lowest BCUT2D eigenvalue weighted by Gasteiger charge is -2.20. The summed E-state index contributed by atoms with van der Waals surface area (Å²) in [4.78, 5) is 24.6. The van der Waals surface area contributed by atoms with Gasteiger partial charge in [-0.15, -0.1) is 0 Å². The molecule has 0 fully saturated rings. The first-order valence-corrected chi connectivity index (χ1v) is 9.95. The summed E-state index contributed by atoms with van der Waals surface area (Å²) in [6.45, 7) is 5.17. The van der Waals surface area contributed by atoms with Crippen LogP contribution in [0.2, 0.25) is 0 Å². The van der Waals surface area contributed by atoms with Crippen LogP contribution in [0.25, 0.3) is 0 Å². The predicted octanol–water partition coefficient (Wildman–Crippen LogP) is 4.77. The maximum absolute atomic E-state index is 13.8. The Bertz CT molecular complexity index is 972. The topological polar surface area (TPSA) is 95.1 Å². The van der Waals surface area contributed by atoms with E-state index >= 15 is 0 Å². The summed E-state index contributed by atoms with van der Waals surface area (Å²) in [5.41, 5.74) is 0.385. The Labute approximate surface area is 187 Å². The SMILES string of the molecule is COc1ccc(CCC(=O)Nc2cc(F)ccc2NC(=O)OC(C)(C)C)c(OC)c1OC. The number of benzene rings is 2. The highest BCUT2D eigenvalue weighted by molar-refractivity contribution is 5.97. The van der Waals surface area contributed by atoms with E-state index in [0.717, 1.165) is 11.6 Å². The standard InChI is InChI=1S/C23H29FN2O6/c1-23(2,3)32-22(28)26-16-10-9-15(24)13-17(16)25-19(27)12-8-14-7-11-18(29-4)21(31-6)20(14)30-5/h7,9-11,13H,8,12H2,1-6H3,(H,25,27)(H,26,28). The highest BCUT2D eigenvalue weighted by atomic mass is 19.1. The van der Waals surface area contributed by atoms with E-state index in [-0.39, 0.29) is 23.7 Å². The number of amides is 2. The molecule has 9 heteroatoms. The summed E-state index contributed by atoms with van der Waals surface area (Å²) < 4.78 is 35.0. The fourth-order valence-electron chi connectivity index (χ4n) is 2.96. The van der Waals surface area contributed by atoms with Gasteiger partial charge in [0.1, 0.15) is 11.4 Å². The zero-order chi connectivity index (χ0) is 23.9. The summed E-state index contributed by atoms with van der Waals surface area (Å²) in [7, 11) is 4.52. The summed E-state index contributed by atoms with van der Waals surface area (Å²) in [5.74, 6) is 0.478. The molecule has 0 radical (unpaired) electrons. The van der Waals surface area contributed by atoms with Crippen molar-refractivity contribution in [3.8, 4) is 17.2 Å². The zero-order valence-electron chi connectivity index (χ0n) is 19.1. The number of hydrogen-bond donors (Lipinski definition) is 2. The summed E-state index contributed by atoms with van der Waals surface area (Å²) >= 11 is 0. The van der Waals surface area contributed by atoms with Crippen molar-refractivity contribution in [2.45, 2.75) is 39.2 Å². The lowest BCUT2D eigenvalue weighted by atomic mass is 10.1. The van der Waals surface area contributed by atoms with Crippen molar-refractivity contribution in [3.63, 3.8) is 0 Å². The van der Waals surface area contributed by atoms with Gasteiger partial charge in [0.15, 0.2) is 11.5 Å². The van der Waals surface area contributed by atoms with Crippen molar-refractivity contribution in [1.29, 1.82) is 0 Å². The second kappa shape index (κ2) is 10.7. The molecule has 0 bridgehead atoms. The number of hydrogen-bond acceptors (Lipinski definition) is 6. The number of carbonyl (C=O) groups is 2. The van der Waals surface area contributed by atoms with Crippen LogP contribution in [0.5, 0.6) is 17.2 Å². The molecule has 0 aromatic heterocycles. The Hall–Kier alpha value is -3.49. The number of ether oxygens (including phenoxy) is 4. The van der Waals surface area contributed by atoms with Gasteiger partial charge in [0, 0.05) is 6.42 Å². The van der Waals surface area contributed by atoms with Crippen molar-refractivity contribution in [3.05, 3.63) is 41.7 Å². The molecule has 0 saturated heterocycles. The van der Waals surface area contributed by atoms with Crippen molar-refractivity contribution >= 4 is 23.4 Å². The Morgan fingerprint density at radius 3 is 2.19 bits per heavy atom. The molecule has 174 valence electrons. The summed E-state index contributed by atoms with van der Waals surface area (Å²) in [6.07, 6.45) is -0.303. The Morgan fingerprint density at radius 2 is 1.59 bits per heavy atom. The van der Waals surface area contributed by atoms with Crippen LogP contribution in [0.15, 0.2) is 30.3 Å². The molecule has 0 aliphatic heterocycles. The molecule has 32 heavy (non-hydrogen) atoms. The molecule has 0 spiro atoms. The molecule has 0 unspecified atom stereocenters. The van der Waals surface area contributed by atoms with Crippen LogP contribution >= 0.6 is 0 Å². The van der Waals surface area contributed by atoms with E-state index in [4.69, 9.17) is 18.9 Å². The average molecular weight is 448 g/mol. The normalized spacial score (nSPS) is 10.8. The van der Waals surface area contributed by atoms with Gasteiger partial charge in [0.2, 0.25) is 11.7 Å². The number of rotatable bonds is 8. The number of carbonyl (C=O) groups excluding carboxylic acids is 2. The molecule has 2 N–H and O–H groups in total. The van der Waals surface area contributed by atoms with Crippen LogP contribution in [0.3, 0.4) is 0 Å². The molecule has 0 saturated carbocycles. The van der Waals surface area contributed by atoms with E-state index in [2.05, 4.69) is 10.6 Å². The van der Waals surface area contributed by atoms with Gasteiger partial charge in [-0.2, -0.15) is 0 Å². The largest absolute Gasteiger partial charge is 0.493 e. The molecular formula is C23H29FN2O6. The highest BCUT2D eigenvalue weighted by Crippen LogP contribution is 2.40. The Kier molecular flexibility index (Phi) is 8.28. The minimum Gasteiger partial charge on any atom is -0.493 e. The zero-order valence-corrected chi connectivity index (χ0v) is 19.1. The second-order valence-corrected chi connectivity index (χ2v) is 7.86. The van der Waals surface area contributed by atoms with E-state index in [9.17, 15) is 14.0 Å². The monoisotopic (exact) mass is 448 g/mol. The van der Waals surface area contributed by atoms with Crippen molar-refractivity contribution in [2.24, 2.45) is 0 Å². The molecule has 0 aliphatic rings. The highest BCUT2D eigenvalue weighted by Gasteiger charge is 2.19. The van der Waals surface area contributed by atoms with E-state index < -0.39 is 17.5 Å². The minimum absolute atomic E-state index is 0.0776. The van der Waals surface area contributed by atoms with Gasteiger partial charge in [0.25, 0.3) is 0 Å². The predicted molar refractivity (Wildman–Crippen MR) is 119 cm³/mol. The van der Waals surface area contributed by atoms with Crippen LogP contribution in [0, 0.1) is 5.82 Å². The maximum atomic E-state index is 13.8. The van der Waals surface area contributed by atoms with Crippen LogP contribution < -0.4 is 24.8 Å². The smallest absolute Gasteiger partial charge is 0.412 e. The molecule has 0 atom stereocenters. The van der Waals surface area contributed by atoms with Crippen LogP contribution in [-0.4, -0.2) is 38.9 Å². The van der Waals surface area contributed by atoms with Gasteiger partial charge in [-0.05, 0) is 57.0 Å². The van der Waals surface area contributed by atoms with Gasteiger partial charge in [0.05, 0.1) is 32.7 Å². The van der Waals surface area contributed by atoms with E-state index in [0.29, 0.717) is 23.7 Å². The molecule has 0 aliphatic carbocycles.